The highest BCUT2D eigenvalue weighted by atomic mass is 16.2. The lowest BCUT2D eigenvalue weighted by Crippen LogP contribution is -2.41. The molecule has 1 aliphatic heterocycles. The molecule has 20 heavy (non-hydrogen) atoms. The molecule has 0 saturated heterocycles. The second kappa shape index (κ2) is 5.27. The van der Waals surface area contributed by atoms with Gasteiger partial charge in [0.15, 0.2) is 0 Å². The van der Waals surface area contributed by atoms with Gasteiger partial charge >= 0.3 is 0 Å². The molecule has 1 N–H and O–H groups in total. The van der Waals surface area contributed by atoms with E-state index in [1.807, 2.05) is 24.3 Å². The number of para-hydroxylation sites is 1. The van der Waals surface area contributed by atoms with E-state index in [1.54, 1.807) is 4.90 Å². The zero-order valence-electron chi connectivity index (χ0n) is 11.8. The van der Waals surface area contributed by atoms with Crippen LogP contribution in [0.2, 0.25) is 0 Å². The van der Waals surface area contributed by atoms with Gasteiger partial charge in [0.1, 0.15) is 6.54 Å². The van der Waals surface area contributed by atoms with Crippen molar-refractivity contribution in [2.24, 2.45) is 5.92 Å². The number of nitrogens with zero attached hydrogens (tertiary/aromatic N) is 1. The third-order valence-electron chi connectivity index (χ3n) is 4.18. The van der Waals surface area contributed by atoms with Gasteiger partial charge in [0.2, 0.25) is 11.8 Å². The first-order chi connectivity index (χ1) is 9.65. The van der Waals surface area contributed by atoms with Crippen LogP contribution in [0.15, 0.2) is 24.3 Å². The van der Waals surface area contributed by atoms with Gasteiger partial charge in [0.25, 0.3) is 0 Å². The predicted molar refractivity (Wildman–Crippen MR) is 77.4 cm³/mol. The minimum atomic E-state index is -0.0515. The van der Waals surface area contributed by atoms with E-state index >= 15 is 0 Å². The van der Waals surface area contributed by atoms with Gasteiger partial charge in [0, 0.05) is 18.2 Å². The Labute approximate surface area is 119 Å². The summed E-state index contributed by atoms with van der Waals surface area (Å²) in [5, 5.41) is 2.99. The maximum Gasteiger partial charge on any atom is 0.240 e. The van der Waals surface area contributed by atoms with E-state index in [9.17, 15) is 9.59 Å². The van der Waals surface area contributed by atoms with Crippen LogP contribution in [0.5, 0.6) is 0 Å². The number of aryl methyl sites for hydroxylation is 1. The number of rotatable bonds is 3. The number of amides is 2. The highest BCUT2D eigenvalue weighted by Crippen LogP contribution is 2.29. The van der Waals surface area contributed by atoms with Crippen LogP contribution in [-0.4, -0.2) is 24.4 Å². The zero-order valence-corrected chi connectivity index (χ0v) is 11.8. The summed E-state index contributed by atoms with van der Waals surface area (Å²) in [6, 6.07) is 8.19. The van der Waals surface area contributed by atoms with Crippen LogP contribution < -0.4 is 10.2 Å². The molecule has 106 valence electrons. The van der Waals surface area contributed by atoms with Gasteiger partial charge in [-0.1, -0.05) is 25.1 Å². The van der Waals surface area contributed by atoms with Crippen molar-refractivity contribution >= 4 is 17.5 Å². The van der Waals surface area contributed by atoms with Crippen molar-refractivity contribution in [3.05, 3.63) is 29.8 Å². The third-order valence-corrected chi connectivity index (χ3v) is 4.18. The maximum atomic E-state index is 12.2. The van der Waals surface area contributed by atoms with Crippen molar-refractivity contribution < 1.29 is 9.59 Å². The molecular weight excluding hydrogens is 252 g/mol. The molecule has 1 aromatic carbocycles. The van der Waals surface area contributed by atoms with Crippen molar-refractivity contribution in [3.8, 4) is 0 Å². The Hall–Kier alpha value is -1.84. The molecule has 2 aliphatic rings. The van der Waals surface area contributed by atoms with Crippen LogP contribution >= 0.6 is 0 Å². The molecule has 1 heterocycles. The molecule has 4 nitrogen and oxygen atoms in total. The molecule has 0 unspecified atom stereocenters. The largest absolute Gasteiger partial charge is 0.352 e. The van der Waals surface area contributed by atoms with Crippen LogP contribution in [-0.2, 0) is 16.0 Å². The van der Waals surface area contributed by atoms with Crippen molar-refractivity contribution in [2.45, 2.75) is 38.6 Å². The number of carbonyl (C=O) groups is 2. The van der Waals surface area contributed by atoms with Crippen molar-refractivity contribution in [2.75, 3.05) is 11.4 Å². The highest BCUT2D eigenvalue weighted by Gasteiger charge is 2.34. The molecule has 0 aromatic heterocycles. The summed E-state index contributed by atoms with van der Waals surface area (Å²) < 4.78 is 0. The van der Waals surface area contributed by atoms with E-state index < -0.39 is 0 Å². The van der Waals surface area contributed by atoms with Crippen LogP contribution in [0.4, 0.5) is 5.69 Å². The van der Waals surface area contributed by atoms with Crippen molar-refractivity contribution in [1.29, 1.82) is 0 Å². The molecule has 2 amide bonds. The van der Waals surface area contributed by atoms with Gasteiger partial charge in [-0.25, -0.2) is 0 Å². The zero-order chi connectivity index (χ0) is 14.1. The Morgan fingerprint density at radius 1 is 1.35 bits per heavy atom. The van der Waals surface area contributed by atoms with Crippen molar-refractivity contribution in [3.63, 3.8) is 0 Å². The fraction of sp³-hybridized carbons (Fsp3) is 0.500. The van der Waals surface area contributed by atoms with Gasteiger partial charge in [-0.2, -0.15) is 0 Å². The number of fused-ring (bicyclic) bond motifs is 1. The van der Waals surface area contributed by atoms with E-state index in [0.717, 1.165) is 30.5 Å². The summed E-state index contributed by atoms with van der Waals surface area (Å²) >= 11 is 0. The Morgan fingerprint density at radius 2 is 2.10 bits per heavy atom. The number of nitrogens with one attached hydrogen (secondary N) is 1. The predicted octanol–water partition coefficient (Wildman–Crippen LogP) is 1.88. The quantitative estimate of drug-likeness (QED) is 0.913. The van der Waals surface area contributed by atoms with Crippen LogP contribution in [0.3, 0.4) is 0 Å². The molecule has 3 rings (SSSR count). The first-order valence-corrected chi connectivity index (χ1v) is 7.33. The second-order valence-corrected chi connectivity index (χ2v) is 5.85. The molecule has 1 saturated carbocycles. The van der Waals surface area contributed by atoms with E-state index in [1.165, 1.54) is 0 Å². The standard InChI is InChI=1S/C16H20N2O2/c1-11-9-13(11)17-15(19)10-18-14-7-3-2-5-12(14)6-4-8-16(18)20/h2-3,5,7,11,13H,4,6,8-10H2,1H3,(H,17,19)/t11-,13-/m1/s1. The fourth-order valence-corrected chi connectivity index (χ4v) is 2.78. The lowest BCUT2D eigenvalue weighted by Gasteiger charge is -2.22. The molecular formula is C16H20N2O2. The normalized spacial score (nSPS) is 24.9. The average Bonchev–Trinajstić information content (AvgIpc) is 3.14. The summed E-state index contributed by atoms with van der Waals surface area (Å²) in [5.74, 6) is 0.574. The van der Waals surface area contributed by atoms with Gasteiger partial charge in [0.05, 0.1) is 0 Å². The van der Waals surface area contributed by atoms with E-state index in [-0.39, 0.29) is 18.4 Å². The molecule has 0 radical (unpaired) electrons. The summed E-state index contributed by atoms with van der Waals surface area (Å²) in [4.78, 5) is 25.9. The third kappa shape index (κ3) is 2.69. The summed E-state index contributed by atoms with van der Waals surface area (Å²) in [7, 11) is 0. The van der Waals surface area contributed by atoms with E-state index in [0.29, 0.717) is 18.4 Å². The summed E-state index contributed by atoms with van der Waals surface area (Å²) in [5.41, 5.74) is 2.06. The van der Waals surface area contributed by atoms with Crippen LogP contribution in [0.1, 0.15) is 31.7 Å². The average molecular weight is 272 g/mol. The summed E-state index contributed by atoms with van der Waals surface area (Å²) in [6.45, 7) is 2.26. The minimum Gasteiger partial charge on any atom is -0.352 e. The molecule has 1 aromatic rings. The van der Waals surface area contributed by atoms with E-state index in [4.69, 9.17) is 0 Å². The molecule has 4 heteroatoms. The molecule has 0 spiro atoms. The fourth-order valence-electron chi connectivity index (χ4n) is 2.78. The number of hydrogen-bond acceptors (Lipinski definition) is 2. The first-order valence-electron chi connectivity index (χ1n) is 7.33. The number of anilines is 1. The Kier molecular flexibility index (Phi) is 3.47. The number of benzene rings is 1. The first kappa shape index (κ1) is 13.2. The topological polar surface area (TPSA) is 49.4 Å². The molecule has 2 atom stereocenters. The SMILES string of the molecule is C[C@@H]1C[C@H]1NC(=O)CN1C(=O)CCCc2ccccc21. The molecule has 1 fully saturated rings. The Balaban J connectivity index is 1.76. The Bertz CT molecular complexity index is 541. The van der Waals surface area contributed by atoms with Gasteiger partial charge in [-0.05, 0) is 36.8 Å². The molecule has 0 bridgehead atoms. The Morgan fingerprint density at radius 3 is 2.85 bits per heavy atom. The lowest BCUT2D eigenvalue weighted by molar-refractivity contribution is -0.124. The van der Waals surface area contributed by atoms with Gasteiger partial charge in [-0.15, -0.1) is 0 Å². The highest BCUT2D eigenvalue weighted by molar-refractivity contribution is 5.99. The van der Waals surface area contributed by atoms with Gasteiger partial charge < -0.3 is 10.2 Å². The smallest absolute Gasteiger partial charge is 0.240 e. The lowest BCUT2D eigenvalue weighted by atomic mass is 10.1. The van der Waals surface area contributed by atoms with Gasteiger partial charge in [-0.3, -0.25) is 9.59 Å². The van der Waals surface area contributed by atoms with E-state index in [2.05, 4.69) is 12.2 Å². The van der Waals surface area contributed by atoms with Crippen LogP contribution in [0.25, 0.3) is 0 Å². The summed E-state index contributed by atoms with van der Waals surface area (Å²) in [6.07, 6.45) is 3.32. The van der Waals surface area contributed by atoms with Crippen molar-refractivity contribution in [1.82, 2.24) is 5.32 Å². The number of carbonyl (C=O) groups excluding carboxylic acids is 2. The number of hydrogen-bond donors (Lipinski definition) is 1. The minimum absolute atomic E-state index is 0.0499. The second-order valence-electron chi connectivity index (χ2n) is 5.85. The molecule has 1 aliphatic carbocycles. The van der Waals surface area contributed by atoms with Crippen LogP contribution in [0, 0.1) is 5.92 Å². The maximum absolute atomic E-state index is 12.2. The monoisotopic (exact) mass is 272 g/mol.